The molecule has 0 aromatic heterocycles. The van der Waals surface area contributed by atoms with Gasteiger partial charge in [0.1, 0.15) is 5.75 Å². The van der Waals surface area contributed by atoms with Crippen LogP contribution in [0.1, 0.15) is 15.9 Å². The van der Waals surface area contributed by atoms with E-state index in [0.717, 1.165) is 17.6 Å². The summed E-state index contributed by atoms with van der Waals surface area (Å²) in [7, 11) is 1.45. The van der Waals surface area contributed by atoms with E-state index in [2.05, 4.69) is 0 Å². The third kappa shape index (κ3) is 4.51. The molecule has 0 saturated heterocycles. The van der Waals surface area contributed by atoms with Gasteiger partial charge < -0.3 is 9.64 Å². The topological polar surface area (TPSA) is 66.9 Å². The van der Waals surface area contributed by atoms with Gasteiger partial charge in [0.05, 0.1) is 19.1 Å². The van der Waals surface area contributed by atoms with E-state index in [0.29, 0.717) is 17.8 Å². The van der Waals surface area contributed by atoms with Gasteiger partial charge in [0.15, 0.2) is 0 Å². The van der Waals surface area contributed by atoms with Crippen LogP contribution in [-0.4, -0.2) is 46.7 Å². The van der Waals surface area contributed by atoms with E-state index in [9.17, 15) is 13.2 Å². The van der Waals surface area contributed by atoms with Crippen LogP contribution >= 0.6 is 0 Å². The van der Waals surface area contributed by atoms with Crippen molar-refractivity contribution in [3.63, 3.8) is 0 Å². The normalized spacial score (nSPS) is 11.0. The highest BCUT2D eigenvalue weighted by atomic mass is 32.2. The molecule has 0 bridgehead atoms. The lowest BCUT2D eigenvalue weighted by molar-refractivity contribution is 0.0784. The van der Waals surface area contributed by atoms with E-state index in [4.69, 9.17) is 4.74 Å². The van der Waals surface area contributed by atoms with Gasteiger partial charge in [-0.1, -0.05) is 18.2 Å². The average Bonchev–Trinajstić information content (AvgIpc) is 2.60. The molecule has 2 rings (SSSR count). The Morgan fingerprint density at radius 2 is 1.64 bits per heavy atom. The zero-order chi connectivity index (χ0) is 18.6. The number of nitrogens with zero attached hydrogens (tertiary/aromatic N) is 2. The first-order chi connectivity index (χ1) is 11.7. The summed E-state index contributed by atoms with van der Waals surface area (Å²) < 4.78 is 29.6. The fraction of sp³-hybridized carbons (Fsp3) is 0.278. The molecule has 0 heterocycles. The summed E-state index contributed by atoms with van der Waals surface area (Å²) in [5, 5.41) is 0. The Balaban J connectivity index is 2.14. The number of para-hydroxylation sites is 1. The Hall–Kier alpha value is -2.54. The van der Waals surface area contributed by atoms with Crippen LogP contribution in [0, 0.1) is 0 Å². The number of ether oxygens (including phenoxy) is 1. The molecule has 0 atom stereocenters. The summed E-state index contributed by atoms with van der Waals surface area (Å²) in [5.41, 5.74) is 1.91. The smallest absolute Gasteiger partial charge is 0.253 e. The molecule has 0 spiro atoms. The van der Waals surface area contributed by atoms with Crippen molar-refractivity contribution in [3.8, 4) is 5.75 Å². The number of hydrogen-bond donors (Lipinski definition) is 0. The number of amides is 1. The number of carbonyl (C=O) groups excluding carboxylic acids is 1. The summed E-state index contributed by atoms with van der Waals surface area (Å²) >= 11 is 0. The summed E-state index contributed by atoms with van der Waals surface area (Å²) in [4.78, 5) is 14.2. The molecule has 0 N–H and O–H groups in total. The molecule has 0 fully saturated rings. The number of rotatable bonds is 6. The maximum atomic E-state index is 12.6. The first-order valence-electron chi connectivity index (χ1n) is 7.65. The van der Waals surface area contributed by atoms with Crippen molar-refractivity contribution < 1.29 is 17.9 Å². The maximum Gasteiger partial charge on any atom is 0.253 e. The fourth-order valence-corrected chi connectivity index (χ4v) is 2.89. The number of sulfonamides is 1. The van der Waals surface area contributed by atoms with Gasteiger partial charge in [-0.2, -0.15) is 0 Å². The third-order valence-electron chi connectivity index (χ3n) is 3.92. The van der Waals surface area contributed by atoms with Gasteiger partial charge >= 0.3 is 0 Å². The Morgan fingerprint density at radius 3 is 2.20 bits per heavy atom. The third-order valence-corrected chi connectivity index (χ3v) is 5.13. The lowest BCUT2D eigenvalue weighted by Crippen LogP contribution is -2.27. The Kier molecular flexibility index (Phi) is 5.69. The summed E-state index contributed by atoms with van der Waals surface area (Å²) in [5.74, 6) is 0.576. The van der Waals surface area contributed by atoms with Gasteiger partial charge in [-0.25, -0.2) is 8.42 Å². The monoisotopic (exact) mass is 362 g/mol. The molecule has 0 radical (unpaired) electrons. The summed E-state index contributed by atoms with van der Waals surface area (Å²) in [6.07, 6.45) is 1.13. The van der Waals surface area contributed by atoms with Crippen LogP contribution in [0.3, 0.4) is 0 Å². The van der Waals surface area contributed by atoms with E-state index < -0.39 is 10.0 Å². The van der Waals surface area contributed by atoms with E-state index in [-0.39, 0.29) is 5.91 Å². The van der Waals surface area contributed by atoms with Crippen molar-refractivity contribution >= 4 is 21.6 Å². The van der Waals surface area contributed by atoms with E-state index in [1.54, 1.807) is 43.3 Å². The SMILES string of the molecule is COc1ccccc1CN(C)C(=O)c1ccc(N(C)S(C)(=O)=O)cc1. The van der Waals surface area contributed by atoms with E-state index >= 15 is 0 Å². The second-order valence-electron chi connectivity index (χ2n) is 5.75. The Bertz CT molecular complexity index is 848. The van der Waals surface area contributed by atoms with Gasteiger partial charge in [0.2, 0.25) is 10.0 Å². The van der Waals surface area contributed by atoms with Gasteiger partial charge in [0, 0.05) is 31.8 Å². The highest BCUT2D eigenvalue weighted by Gasteiger charge is 2.16. The molecule has 7 heteroatoms. The van der Waals surface area contributed by atoms with Crippen LogP contribution in [0.4, 0.5) is 5.69 Å². The number of hydrogen-bond acceptors (Lipinski definition) is 4. The molecule has 0 aliphatic rings. The number of methoxy groups -OCH3 is 1. The van der Waals surface area contributed by atoms with Crippen LogP contribution in [0.2, 0.25) is 0 Å². The van der Waals surface area contributed by atoms with E-state index in [1.807, 2.05) is 24.3 Å². The van der Waals surface area contributed by atoms with Crippen molar-refractivity contribution in [2.24, 2.45) is 0 Å². The Morgan fingerprint density at radius 1 is 1.04 bits per heavy atom. The van der Waals surface area contributed by atoms with Crippen molar-refractivity contribution in [2.75, 3.05) is 31.8 Å². The predicted molar refractivity (Wildman–Crippen MR) is 98.5 cm³/mol. The van der Waals surface area contributed by atoms with Crippen molar-refractivity contribution in [2.45, 2.75) is 6.54 Å². The minimum Gasteiger partial charge on any atom is -0.496 e. The molecule has 0 aliphatic heterocycles. The van der Waals surface area contributed by atoms with Gasteiger partial charge in [-0.05, 0) is 30.3 Å². The molecule has 6 nitrogen and oxygen atoms in total. The quantitative estimate of drug-likeness (QED) is 0.791. The standard InChI is InChI=1S/C18H22N2O4S/c1-19(13-15-7-5-6-8-17(15)24-3)18(21)14-9-11-16(12-10-14)20(2)25(4,22)23/h5-12H,13H2,1-4H3. The van der Waals surface area contributed by atoms with Crippen LogP contribution in [0.15, 0.2) is 48.5 Å². The predicted octanol–water partition coefficient (Wildman–Crippen LogP) is 2.36. The lowest BCUT2D eigenvalue weighted by atomic mass is 10.1. The fourth-order valence-electron chi connectivity index (χ4n) is 2.39. The molecule has 0 aliphatic carbocycles. The Labute approximate surface area is 148 Å². The molecular formula is C18H22N2O4S. The number of carbonyl (C=O) groups is 1. The second-order valence-corrected chi connectivity index (χ2v) is 7.76. The van der Waals surface area contributed by atoms with Gasteiger partial charge in [-0.15, -0.1) is 0 Å². The zero-order valence-corrected chi connectivity index (χ0v) is 15.6. The van der Waals surface area contributed by atoms with Crippen LogP contribution in [-0.2, 0) is 16.6 Å². The van der Waals surface area contributed by atoms with Crippen LogP contribution < -0.4 is 9.04 Å². The lowest BCUT2D eigenvalue weighted by Gasteiger charge is -2.20. The molecule has 2 aromatic carbocycles. The minimum atomic E-state index is -3.33. The van der Waals surface area contributed by atoms with Crippen molar-refractivity contribution in [3.05, 3.63) is 59.7 Å². The van der Waals surface area contributed by atoms with Crippen LogP contribution in [0.25, 0.3) is 0 Å². The second kappa shape index (κ2) is 7.57. The van der Waals surface area contributed by atoms with Crippen LogP contribution in [0.5, 0.6) is 5.75 Å². The van der Waals surface area contributed by atoms with Gasteiger partial charge in [0.25, 0.3) is 5.91 Å². The molecular weight excluding hydrogens is 340 g/mol. The minimum absolute atomic E-state index is 0.153. The highest BCUT2D eigenvalue weighted by Crippen LogP contribution is 2.21. The molecule has 25 heavy (non-hydrogen) atoms. The first-order valence-corrected chi connectivity index (χ1v) is 9.50. The molecule has 0 unspecified atom stereocenters. The molecule has 1 amide bonds. The molecule has 134 valence electrons. The zero-order valence-electron chi connectivity index (χ0n) is 14.8. The average molecular weight is 362 g/mol. The molecule has 2 aromatic rings. The maximum absolute atomic E-state index is 12.6. The molecule has 0 saturated carbocycles. The highest BCUT2D eigenvalue weighted by molar-refractivity contribution is 7.92. The van der Waals surface area contributed by atoms with Crippen molar-refractivity contribution in [1.29, 1.82) is 0 Å². The first kappa shape index (κ1) is 18.8. The number of benzene rings is 2. The summed E-state index contributed by atoms with van der Waals surface area (Å²) in [6.45, 7) is 0.411. The largest absolute Gasteiger partial charge is 0.496 e. The summed E-state index contributed by atoms with van der Waals surface area (Å²) in [6, 6.07) is 14.0. The van der Waals surface area contributed by atoms with E-state index in [1.165, 1.54) is 11.4 Å². The number of anilines is 1. The van der Waals surface area contributed by atoms with Crippen molar-refractivity contribution in [1.82, 2.24) is 4.90 Å². The van der Waals surface area contributed by atoms with Gasteiger partial charge in [-0.3, -0.25) is 9.10 Å².